The van der Waals surface area contributed by atoms with Gasteiger partial charge in [-0.15, -0.1) is 6.58 Å². The summed E-state index contributed by atoms with van der Waals surface area (Å²) in [5, 5.41) is 0. The van der Waals surface area contributed by atoms with Crippen LogP contribution in [0, 0.1) is 11.8 Å². The highest BCUT2D eigenvalue weighted by molar-refractivity contribution is 4.85. The summed E-state index contributed by atoms with van der Waals surface area (Å²) in [5.74, 6) is 1.37. The Kier molecular flexibility index (Phi) is 4.63. The summed E-state index contributed by atoms with van der Waals surface area (Å²) in [6.45, 7) is 14.5. The number of hydrogen-bond donors (Lipinski definition) is 0. The van der Waals surface area contributed by atoms with Crippen LogP contribution >= 0.6 is 0 Å². The summed E-state index contributed by atoms with van der Waals surface area (Å²) in [4.78, 5) is 4.96. The molecular weight excluding hydrogens is 172 g/mol. The van der Waals surface area contributed by atoms with Gasteiger partial charge in [-0.2, -0.15) is 0 Å². The van der Waals surface area contributed by atoms with Crippen LogP contribution in [0.25, 0.3) is 0 Å². The fraction of sp³-hybridized carbons (Fsp3) is 0.833. The molecule has 0 spiro atoms. The van der Waals surface area contributed by atoms with Gasteiger partial charge in [0.05, 0.1) is 0 Å². The van der Waals surface area contributed by atoms with Crippen LogP contribution < -0.4 is 0 Å². The molecule has 0 saturated carbocycles. The van der Waals surface area contributed by atoms with Gasteiger partial charge in [-0.05, 0) is 18.9 Å². The zero-order chi connectivity index (χ0) is 10.6. The molecule has 1 rings (SSSR count). The van der Waals surface area contributed by atoms with Crippen molar-refractivity contribution >= 4 is 0 Å². The molecule has 0 bridgehead atoms. The Morgan fingerprint density at radius 2 is 1.86 bits per heavy atom. The summed E-state index contributed by atoms with van der Waals surface area (Å²) in [6, 6.07) is 0. The molecule has 0 aromatic heterocycles. The van der Waals surface area contributed by atoms with Gasteiger partial charge in [-0.25, -0.2) is 0 Å². The first kappa shape index (κ1) is 11.7. The maximum atomic E-state index is 3.93. The average Bonchev–Trinajstić information content (AvgIpc) is 2.16. The molecule has 14 heavy (non-hydrogen) atoms. The Balaban J connectivity index is 0.00000196. The number of likely N-dealkylation sites (N-methyl/N-ethyl adjacent to an activating group) is 1. The highest BCUT2D eigenvalue weighted by Gasteiger charge is 2.18. The molecular formula is C12H26N2. The van der Waals surface area contributed by atoms with E-state index >= 15 is 0 Å². The van der Waals surface area contributed by atoms with Gasteiger partial charge in [0.1, 0.15) is 0 Å². The minimum atomic E-state index is 0. The second kappa shape index (κ2) is 5.52. The minimum absolute atomic E-state index is 0. The standard InChI is InChI=1S/C12H24N2.H2/c1-5-12(11(2)3)10-14-8-6-13(4)7-9-14;/h5,11-12H,1,6-10H2,2-4H3;1H. The fourth-order valence-corrected chi connectivity index (χ4v) is 1.89. The topological polar surface area (TPSA) is 6.48 Å². The fourth-order valence-electron chi connectivity index (χ4n) is 1.89. The SMILES string of the molecule is C=CC(CN1CCN(C)CC1)C(C)C.[HH]. The molecule has 0 aromatic carbocycles. The van der Waals surface area contributed by atoms with Crippen molar-refractivity contribution in [2.45, 2.75) is 13.8 Å². The third kappa shape index (κ3) is 3.43. The molecule has 1 aliphatic heterocycles. The van der Waals surface area contributed by atoms with Crippen molar-refractivity contribution in [3.63, 3.8) is 0 Å². The molecule has 0 radical (unpaired) electrons. The third-order valence-corrected chi connectivity index (χ3v) is 3.22. The summed E-state index contributed by atoms with van der Waals surface area (Å²) in [6.07, 6.45) is 2.11. The zero-order valence-electron chi connectivity index (χ0n) is 9.87. The van der Waals surface area contributed by atoms with Crippen LogP contribution in [0.5, 0.6) is 0 Å². The molecule has 0 aliphatic carbocycles. The second-order valence-corrected chi connectivity index (χ2v) is 4.75. The lowest BCUT2D eigenvalue weighted by molar-refractivity contribution is 0.135. The smallest absolute Gasteiger partial charge is 0.0110 e. The van der Waals surface area contributed by atoms with E-state index in [1.807, 2.05) is 0 Å². The van der Waals surface area contributed by atoms with E-state index in [-0.39, 0.29) is 1.43 Å². The number of nitrogens with zero attached hydrogens (tertiary/aromatic N) is 2. The van der Waals surface area contributed by atoms with Crippen LogP contribution in [-0.2, 0) is 0 Å². The van der Waals surface area contributed by atoms with E-state index in [1.54, 1.807) is 0 Å². The molecule has 84 valence electrons. The normalized spacial score (nSPS) is 22.6. The maximum Gasteiger partial charge on any atom is 0.0110 e. The van der Waals surface area contributed by atoms with E-state index in [0.717, 1.165) is 0 Å². The van der Waals surface area contributed by atoms with Crippen molar-refractivity contribution in [1.29, 1.82) is 0 Å². The zero-order valence-corrected chi connectivity index (χ0v) is 9.87. The quantitative estimate of drug-likeness (QED) is 0.637. The highest BCUT2D eigenvalue weighted by Crippen LogP contribution is 2.14. The van der Waals surface area contributed by atoms with Crippen molar-refractivity contribution in [1.82, 2.24) is 9.80 Å². The van der Waals surface area contributed by atoms with E-state index in [1.165, 1.54) is 32.7 Å². The Bertz CT molecular complexity index is 174. The number of rotatable bonds is 4. The molecule has 2 heteroatoms. The predicted octanol–water partition coefficient (Wildman–Crippen LogP) is 1.94. The van der Waals surface area contributed by atoms with Gasteiger partial charge >= 0.3 is 0 Å². The number of hydrogen-bond acceptors (Lipinski definition) is 2. The number of piperazine rings is 1. The van der Waals surface area contributed by atoms with Crippen LogP contribution in [0.3, 0.4) is 0 Å². The van der Waals surface area contributed by atoms with E-state index in [2.05, 4.69) is 43.3 Å². The largest absolute Gasteiger partial charge is 0.304 e. The monoisotopic (exact) mass is 198 g/mol. The third-order valence-electron chi connectivity index (χ3n) is 3.22. The molecule has 0 N–H and O–H groups in total. The van der Waals surface area contributed by atoms with Gasteiger partial charge in [0.15, 0.2) is 0 Å². The van der Waals surface area contributed by atoms with Crippen LogP contribution in [0.1, 0.15) is 15.3 Å². The summed E-state index contributed by atoms with van der Waals surface area (Å²) < 4.78 is 0. The molecule has 2 nitrogen and oxygen atoms in total. The van der Waals surface area contributed by atoms with E-state index in [9.17, 15) is 0 Å². The summed E-state index contributed by atoms with van der Waals surface area (Å²) >= 11 is 0. The molecule has 1 aliphatic rings. The van der Waals surface area contributed by atoms with Crippen LogP contribution in [0.2, 0.25) is 0 Å². The van der Waals surface area contributed by atoms with Gasteiger partial charge in [-0.1, -0.05) is 19.9 Å². The Hall–Kier alpha value is -0.340. The minimum Gasteiger partial charge on any atom is -0.304 e. The predicted molar refractivity (Wildman–Crippen MR) is 64.6 cm³/mol. The van der Waals surface area contributed by atoms with E-state index < -0.39 is 0 Å². The summed E-state index contributed by atoms with van der Waals surface area (Å²) in [5.41, 5.74) is 0. The summed E-state index contributed by atoms with van der Waals surface area (Å²) in [7, 11) is 2.20. The Morgan fingerprint density at radius 1 is 1.29 bits per heavy atom. The van der Waals surface area contributed by atoms with Crippen LogP contribution in [0.4, 0.5) is 0 Å². The van der Waals surface area contributed by atoms with Gasteiger partial charge in [0.25, 0.3) is 0 Å². The van der Waals surface area contributed by atoms with E-state index in [0.29, 0.717) is 11.8 Å². The first-order chi connectivity index (χ1) is 6.63. The molecule has 0 aromatic rings. The molecule has 1 unspecified atom stereocenters. The first-order valence-electron chi connectivity index (χ1n) is 5.67. The van der Waals surface area contributed by atoms with Gasteiger partial charge in [0, 0.05) is 34.2 Å². The molecule has 0 amide bonds. The lowest BCUT2D eigenvalue weighted by atomic mass is 9.95. The first-order valence-corrected chi connectivity index (χ1v) is 5.67. The second-order valence-electron chi connectivity index (χ2n) is 4.75. The lowest BCUT2D eigenvalue weighted by Crippen LogP contribution is -2.46. The van der Waals surface area contributed by atoms with Crippen molar-refractivity contribution in [2.75, 3.05) is 39.8 Å². The maximum absolute atomic E-state index is 3.93. The van der Waals surface area contributed by atoms with Crippen LogP contribution in [-0.4, -0.2) is 49.6 Å². The van der Waals surface area contributed by atoms with Crippen molar-refractivity contribution in [3.05, 3.63) is 12.7 Å². The van der Waals surface area contributed by atoms with E-state index in [4.69, 9.17) is 0 Å². The highest BCUT2D eigenvalue weighted by atomic mass is 15.2. The van der Waals surface area contributed by atoms with Crippen LogP contribution in [0.15, 0.2) is 12.7 Å². The molecule has 1 atom stereocenters. The van der Waals surface area contributed by atoms with Gasteiger partial charge < -0.3 is 9.80 Å². The molecule has 1 heterocycles. The van der Waals surface area contributed by atoms with Gasteiger partial charge in [-0.3, -0.25) is 0 Å². The average molecular weight is 198 g/mol. The molecule has 1 saturated heterocycles. The Labute approximate surface area is 90.1 Å². The van der Waals surface area contributed by atoms with Crippen molar-refractivity contribution < 1.29 is 1.43 Å². The Morgan fingerprint density at radius 3 is 2.29 bits per heavy atom. The lowest BCUT2D eigenvalue weighted by Gasteiger charge is -2.34. The van der Waals surface area contributed by atoms with Crippen molar-refractivity contribution in [3.8, 4) is 0 Å². The van der Waals surface area contributed by atoms with Gasteiger partial charge in [0.2, 0.25) is 0 Å². The van der Waals surface area contributed by atoms with Crippen molar-refractivity contribution in [2.24, 2.45) is 11.8 Å². The molecule has 1 fully saturated rings.